The van der Waals surface area contributed by atoms with Crippen LogP contribution in [0.4, 0.5) is 0 Å². The lowest BCUT2D eigenvalue weighted by molar-refractivity contribution is 0.0887. The number of rotatable bonds is 4. The smallest absolute Gasteiger partial charge is 0.0259 e. The van der Waals surface area contributed by atoms with E-state index in [4.69, 9.17) is 0 Å². The summed E-state index contributed by atoms with van der Waals surface area (Å²) < 4.78 is 0. The molecule has 0 saturated carbocycles. The average molecular weight is 227 g/mol. The molecular formula is C11H25N5. The lowest BCUT2D eigenvalue weighted by Gasteiger charge is -2.36. The Morgan fingerprint density at radius 2 is 1.44 bits per heavy atom. The molecule has 0 radical (unpaired) electrons. The maximum Gasteiger partial charge on any atom is 0.0259 e. The Hall–Kier alpha value is -0.200. The Labute approximate surface area is 98.7 Å². The van der Waals surface area contributed by atoms with Gasteiger partial charge in [-0.1, -0.05) is 0 Å². The summed E-state index contributed by atoms with van der Waals surface area (Å²) in [7, 11) is 2.01. The normalized spacial score (nSPS) is 26.1. The van der Waals surface area contributed by atoms with Gasteiger partial charge in [0.05, 0.1) is 0 Å². The molecule has 94 valence electrons. The summed E-state index contributed by atoms with van der Waals surface area (Å²) in [4.78, 5) is 5.15. The van der Waals surface area contributed by atoms with Crippen molar-refractivity contribution in [3.63, 3.8) is 0 Å². The van der Waals surface area contributed by atoms with Crippen molar-refractivity contribution in [2.24, 2.45) is 0 Å². The topological polar surface area (TPSA) is 33.8 Å². The van der Waals surface area contributed by atoms with E-state index in [9.17, 15) is 0 Å². The molecule has 5 heteroatoms. The molecule has 2 saturated heterocycles. The molecule has 0 aromatic heterocycles. The molecule has 0 aromatic rings. The van der Waals surface area contributed by atoms with E-state index in [1.807, 2.05) is 7.05 Å². The third kappa shape index (κ3) is 3.68. The summed E-state index contributed by atoms with van der Waals surface area (Å²) in [5, 5.41) is 5.69. The highest BCUT2D eigenvalue weighted by Crippen LogP contribution is 2.00. The van der Waals surface area contributed by atoms with Gasteiger partial charge in [0.2, 0.25) is 0 Å². The van der Waals surface area contributed by atoms with E-state index in [-0.39, 0.29) is 0 Å². The van der Waals surface area contributed by atoms with Gasteiger partial charge >= 0.3 is 0 Å². The fourth-order valence-corrected chi connectivity index (χ4v) is 2.41. The molecule has 5 nitrogen and oxygen atoms in total. The Morgan fingerprint density at radius 3 is 2.00 bits per heavy atom. The zero-order chi connectivity index (χ0) is 11.2. The maximum atomic E-state index is 3.40. The Kier molecular flexibility index (Phi) is 4.99. The molecule has 2 fully saturated rings. The Morgan fingerprint density at radius 1 is 0.875 bits per heavy atom. The molecular weight excluding hydrogens is 202 g/mol. The van der Waals surface area contributed by atoms with Crippen LogP contribution >= 0.6 is 0 Å². The third-order valence-electron chi connectivity index (χ3n) is 3.63. The highest BCUT2D eigenvalue weighted by molar-refractivity contribution is 4.73. The lowest BCUT2D eigenvalue weighted by atomic mass is 10.3. The number of nitrogens with one attached hydrogen (secondary N) is 2. The maximum absolute atomic E-state index is 3.40. The summed E-state index contributed by atoms with van der Waals surface area (Å²) in [5.41, 5.74) is 3.22. The highest BCUT2D eigenvalue weighted by atomic mass is 15.5. The first-order valence-corrected chi connectivity index (χ1v) is 6.46. The van der Waals surface area contributed by atoms with Gasteiger partial charge in [0, 0.05) is 65.4 Å². The highest BCUT2D eigenvalue weighted by Gasteiger charge is 2.16. The molecule has 16 heavy (non-hydrogen) atoms. The molecule has 0 aromatic carbocycles. The van der Waals surface area contributed by atoms with Gasteiger partial charge in [0.1, 0.15) is 0 Å². The Bertz CT molecular complexity index is 185. The van der Waals surface area contributed by atoms with Crippen LogP contribution < -0.4 is 10.7 Å². The van der Waals surface area contributed by atoms with Gasteiger partial charge in [-0.3, -0.25) is 15.2 Å². The van der Waals surface area contributed by atoms with Crippen molar-refractivity contribution in [3.8, 4) is 0 Å². The zero-order valence-corrected chi connectivity index (χ0v) is 10.4. The molecule has 0 spiro atoms. The monoisotopic (exact) mass is 227 g/mol. The van der Waals surface area contributed by atoms with Crippen molar-refractivity contribution in [1.29, 1.82) is 0 Å². The van der Waals surface area contributed by atoms with Crippen LogP contribution in [0.5, 0.6) is 0 Å². The van der Waals surface area contributed by atoms with E-state index in [2.05, 4.69) is 25.6 Å². The first kappa shape index (κ1) is 12.3. The molecule has 2 N–H and O–H groups in total. The predicted octanol–water partition coefficient (Wildman–Crippen LogP) is -1.36. The second kappa shape index (κ2) is 6.51. The molecule has 0 aliphatic carbocycles. The number of hydrazine groups is 1. The van der Waals surface area contributed by atoms with Gasteiger partial charge < -0.3 is 5.32 Å². The minimum Gasteiger partial charge on any atom is -0.314 e. The average Bonchev–Trinajstić information content (AvgIpc) is 2.38. The molecule has 0 unspecified atom stereocenters. The lowest BCUT2D eigenvalue weighted by Crippen LogP contribution is -2.53. The summed E-state index contributed by atoms with van der Waals surface area (Å²) in [6.45, 7) is 11.9. The number of nitrogens with zero attached hydrogens (tertiary/aromatic N) is 3. The van der Waals surface area contributed by atoms with Crippen molar-refractivity contribution in [2.45, 2.75) is 0 Å². The molecule has 2 rings (SSSR count). The van der Waals surface area contributed by atoms with E-state index < -0.39 is 0 Å². The van der Waals surface area contributed by atoms with Crippen LogP contribution in [0.2, 0.25) is 0 Å². The third-order valence-corrected chi connectivity index (χ3v) is 3.63. The zero-order valence-electron chi connectivity index (χ0n) is 10.4. The quantitative estimate of drug-likeness (QED) is 0.620. The van der Waals surface area contributed by atoms with E-state index in [0.717, 1.165) is 26.2 Å². The standard InChI is InChI=1S/C11H25N5/c1-12-16-10-8-15(9-11-16)7-6-14-4-2-13-3-5-14/h12-13H,2-11H2,1H3. The van der Waals surface area contributed by atoms with Crippen LogP contribution in [0.25, 0.3) is 0 Å². The molecule has 0 bridgehead atoms. The van der Waals surface area contributed by atoms with Crippen LogP contribution in [0, 0.1) is 0 Å². The van der Waals surface area contributed by atoms with Crippen molar-refractivity contribution in [3.05, 3.63) is 0 Å². The molecule has 2 aliphatic heterocycles. The van der Waals surface area contributed by atoms with E-state index in [1.54, 1.807) is 0 Å². The first-order chi connectivity index (χ1) is 7.88. The van der Waals surface area contributed by atoms with Crippen LogP contribution in [0.1, 0.15) is 0 Å². The minimum atomic E-state index is 1.15. The summed E-state index contributed by atoms with van der Waals surface area (Å²) in [5.74, 6) is 0. The molecule has 0 atom stereocenters. The summed E-state index contributed by atoms with van der Waals surface area (Å²) in [6.07, 6.45) is 0. The number of hydrogen-bond donors (Lipinski definition) is 2. The van der Waals surface area contributed by atoms with Crippen molar-refractivity contribution >= 4 is 0 Å². The van der Waals surface area contributed by atoms with E-state index in [1.165, 1.54) is 39.3 Å². The summed E-state index contributed by atoms with van der Waals surface area (Å²) >= 11 is 0. The molecule has 2 heterocycles. The second-order valence-corrected chi connectivity index (χ2v) is 4.64. The van der Waals surface area contributed by atoms with Crippen LogP contribution in [-0.2, 0) is 0 Å². The Balaban J connectivity index is 1.59. The first-order valence-electron chi connectivity index (χ1n) is 6.46. The fraction of sp³-hybridized carbons (Fsp3) is 1.00. The van der Waals surface area contributed by atoms with Crippen LogP contribution in [0.15, 0.2) is 0 Å². The van der Waals surface area contributed by atoms with Crippen LogP contribution in [-0.4, -0.2) is 87.3 Å². The van der Waals surface area contributed by atoms with Gasteiger partial charge in [-0.2, -0.15) is 0 Å². The van der Waals surface area contributed by atoms with Crippen molar-refractivity contribution < 1.29 is 0 Å². The molecule has 2 aliphatic rings. The van der Waals surface area contributed by atoms with Gasteiger partial charge in [0.25, 0.3) is 0 Å². The van der Waals surface area contributed by atoms with Crippen molar-refractivity contribution in [1.82, 2.24) is 25.6 Å². The SMILES string of the molecule is CNN1CCN(CCN2CCNCC2)CC1. The molecule has 0 amide bonds. The van der Waals surface area contributed by atoms with Gasteiger partial charge in [-0.15, -0.1) is 0 Å². The fourth-order valence-electron chi connectivity index (χ4n) is 2.41. The minimum absolute atomic E-state index is 1.15. The second-order valence-electron chi connectivity index (χ2n) is 4.64. The number of piperazine rings is 2. The van der Waals surface area contributed by atoms with Crippen molar-refractivity contribution in [2.75, 3.05) is 72.5 Å². The van der Waals surface area contributed by atoms with Gasteiger partial charge in [-0.25, -0.2) is 5.01 Å². The summed E-state index contributed by atoms with van der Waals surface area (Å²) in [6, 6.07) is 0. The number of hydrogen-bond acceptors (Lipinski definition) is 5. The van der Waals surface area contributed by atoms with E-state index in [0.29, 0.717) is 0 Å². The predicted molar refractivity (Wildman–Crippen MR) is 66.4 cm³/mol. The van der Waals surface area contributed by atoms with Crippen LogP contribution in [0.3, 0.4) is 0 Å². The van der Waals surface area contributed by atoms with E-state index >= 15 is 0 Å². The van der Waals surface area contributed by atoms with Gasteiger partial charge in [-0.05, 0) is 7.05 Å². The van der Waals surface area contributed by atoms with Gasteiger partial charge in [0.15, 0.2) is 0 Å². The largest absolute Gasteiger partial charge is 0.314 e.